The Kier molecular flexibility index (Phi) is 7.63. The van der Waals surface area contributed by atoms with Crippen molar-refractivity contribution in [3.05, 3.63) is 65.7 Å². The first kappa shape index (κ1) is 21.3. The molecule has 6 nitrogen and oxygen atoms in total. The summed E-state index contributed by atoms with van der Waals surface area (Å²) in [6.07, 6.45) is 1.11. The summed E-state index contributed by atoms with van der Waals surface area (Å²) in [4.78, 5) is 16.7. The Morgan fingerprint density at radius 1 is 1.21 bits per heavy atom. The standard InChI is InChI=1S/C23H31N3O3/c1-25(20-10-8-19(9-11-20)23(29)24-13-5-15-27)17-22(18-6-3-2-4-7-18)26-14-12-21(28)16-26/h2-4,6-11,21-22,27-28H,5,12-17H2,1H3,(H,24,29)/t21-,22-/m0/s1. The molecule has 1 fully saturated rings. The zero-order valence-corrected chi connectivity index (χ0v) is 17.0. The third kappa shape index (κ3) is 5.79. The van der Waals surface area contributed by atoms with E-state index < -0.39 is 0 Å². The molecule has 2 aromatic carbocycles. The van der Waals surface area contributed by atoms with Crippen molar-refractivity contribution in [1.82, 2.24) is 10.2 Å². The summed E-state index contributed by atoms with van der Waals surface area (Å²) in [5.74, 6) is -0.124. The average molecular weight is 398 g/mol. The van der Waals surface area contributed by atoms with Crippen LogP contribution in [0.2, 0.25) is 0 Å². The molecule has 1 amide bonds. The lowest BCUT2D eigenvalue weighted by Crippen LogP contribution is -2.36. The van der Waals surface area contributed by atoms with Gasteiger partial charge in [-0.2, -0.15) is 0 Å². The van der Waals surface area contributed by atoms with E-state index in [1.807, 2.05) is 30.3 Å². The van der Waals surface area contributed by atoms with Gasteiger partial charge in [0.2, 0.25) is 0 Å². The van der Waals surface area contributed by atoms with Crippen molar-refractivity contribution in [2.45, 2.75) is 25.0 Å². The van der Waals surface area contributed by atoms with Crippen molar-refractivity contribution in [3.8, 4) is 0 Å². The van der Waals surface area contributed by atoms with Gasteiger partial charge in [-0.3, -0.25) is 9.69 Å². The SMILES string of the molecule is CN(C[C@@H](c1ccccc1)N1CC[C@H](O)C1)c1ccc(C(=O)NCCCO)cc1. The Hall–Kier alpha value is -2.41. The van der Waals surface area contributed by atoms with Gasteiger partial charge in [0.05, 0.1) is 12.1 Å². The maximum atomic E-state index is 12.1. The molecule has 156 valence electrons. The molecule has 3 N–H and O–H groups in total. The maximum Gasteiger partial charge on any atom is 0.251 e. The van der Waals surface area contributed by atoms with E-state index in [1.54, 1.807) is 0 Å². The molecule has 0 aromatic heterocycles. The summed E-state index contributed by atoms with van der Waals surface area (Å²) in [5.41, 5.74) is 2.90. The lowest BCUT2D eigenvalue weighted by atomic mass is 10.0. The van der Waals surface area contributed by atoms with Crippen molar-refractivity contribution >= 4 is 11.6 Å². The average Bonchev–Trinajstić information content (AvgIpc) is 3.18. The Morgan fingerprint density at radius 3 is 2.55 bits per heavy atom. The minimum absolute atomic E-state index is 0.0701. The molecule has 29 heavy (non-hydrogen) atoms. The first-order chi connectivity index (χ1) is 14.1. The number of likely N-dealkylation sites (tertiary alicyclic amines) is 1. The third-order valence-electron chi connectivity index (χ3n) is 5.46. The zero-order chi connectivity index (χ0) is 20.6. The summed E-state index contributed by atoms with van der Waals surface area (Å²) in [6.45, 7) is 2.92. The number of likely N-dealkylation sites (N-methyl/N-ethyl adjacent to an activating group) is 1. The molecule has 1 aliphatic heterocycles. The van der Waals surface area contributed by atoms with Gasteiger partial charge in [0.25, 0.3) is 5.91 Å². The third-order valence-corrected chi connectivity index (χ3v) is 5.46. The number of carbonyl (C=O) groups is 1. The molecule has 0 aliphatic carbocycles. The smallest absolute Gasteiger partial charge is 0.251 e. The molecular weight excluding hydrogens is 366 g/mol. The fourth-order valence-electron chi connectivity index (χ4n) is 3.77. The van der Waals surface area contributed by atoms with E-state index in [4.69, 9.17) is 5.11 Å². The minimum Gasteiger partial charge on any atom is -0.396 e. The zero-order valence-electron chi connectivity index (χ0n) is 17.0. The van der Waals surface area contributed by atoms with Crippen LogP contribution in [0.25, 0.3) is 0 Å². The van der Waals surface area contributed by atoms with Gasteiger partial charge in [-0.25, -0.2) is 0 Å². The summed E-state index contributed by atoms with van der Waals surface area (Å²) in [7, 11) is 2.05. The van der Waals surface area contributed by atoms with E-state index >= 15 is 0 Å². The molecule has 1 saturated heterocycles. The monoisotopic (exact) mass is 397 g/mol. The van der Waals surface area contributed by atoms with Crippen LogP contribution >= 0.6 is 0 Å². The van der Waals surface area contributed by atoms with Gasteiger partial charge in [-0.15, -0.1) is 0 Å². The van der Waals surface area contributed by atoms with Crippen molar-refractivity contribution in [3.63, 3.8) is 0 Å². The number of aliphatic hydroxyl groups excluding tert-OH is 2. The van der Waals surface area contributed by atoms with Crippen LogP contribution in [0.4, 0.5) is 5.69 Å². The number of nitrogens with zero attached hydrogens (tertiary/aromatic N) is 2. The molecule has 0 unspecified atom stereocenters. The Morgan fingerprint density at radius 2 is 1.93 bits per heavy atom. The van der Waals surface area contributed by atoms with Gasteiger partial charge in [-0.1, -0.05) is 30.3 Å². The molecule has 3 rings (SSSR count). The first-order valence-electron chi connectivity index (χ1n) is 10.3. The van der Waals surface area contributed by atoms with E-state index in [0.717, 1.165) is 25.2 Å². The quantitative estimate of drug-likeness (QED) is 0.565. The lowest BCUT2D eigenvalue weighted by molar-refractivity contribution is 0.0951. The number of carbonyl (C=O) groups excluding carboxylic acids is 1. The number of rotatable bonds is 9. The molecule has 0 bridgehead atoms. The first-order valence-corrected chi connectivity index (χ1v) is 10.3. The number of benzene rings is 2. The highest BCUT2D eigenvalue weighted by molar-refractivity contribution is 5.94. The van der Waals surface area contributed by atoms with Crippen LogP contribution in [0.3, 0.4) is 0 Å². The van der Waals surface area contributed by atoms with E-state index in [2.05, 4.69) is 46.4 Å². The van der Waals surface area contributed by atoms with Crippen LogP contribution in [0.1, 0.15) is 34.8 Å². The Bertz CT molecular complexity index is 767. The fraction of sp³-hybridized carbons (Fsp3) is 0.435. The predicted molar refractivity (Wildman–Crippen MR) is 115 cm³/mol. The number of nitrogens with one attached hydrogen (secondary N) is 1. The van der Waals surface area contributed by atoms with Crippen LogP contribution < -0.4 is 10.2 Å². The molecule has 1 aliphatic rings. The Balaban J connectivity index is 1.67. The van der Waals surface area contributed by atoms with Crippen LogP contribution in [-0.2, 0) is 0 Å². The summed E-state index contributed by atoms with van der Waals surface area (Å²) < 4.78 is 0. The topological polar surface area (TPSA) is 76.0 Å². The van der Waals surface area contributed by atoms with E-state index in [-0.39, 0.29) is 24.7 Å². The lowest BCUT2D eigenvalue weighted by Gasteiger charge is -2.33. The van der Waals surface area contributed by atoms with Gasteiger partial charge in [-0.05, 0) is 42.7 Å². The molecule has 0 spiro atoms. The Labute approximate surface area is 172 Å². The van der Waals surface area contributed by atoms with Crippen LogP contribution in [0.15, 0.2) is 54.6 Å². The highest BCUT2D eigenvalue weighted by atomic mass is 16.3. The fourth-order valence-corrected chi connectivity index (χ4v) is 3.77. The number of hydrogen-bond donors (Lipinski definition) is 3. The largest absolute Gasteiger partial charge is 0.396 e. The maximum absolute atomic E-state index is 12.1. The predicted octanol–water partition coefficient (Wildman–Crippen LogP) is 2.04. The van der Waals surface area contributed by atoms with E-state index in [9.17, 15) is 9.90 Å². The number of anilines is 1. The van der Waals surface area contributed by atoms with E-state index in [1.165, 1.54) is 5.56 Å². The van der Waals surface area contributed by atoms with Crippen LogP contribution in [0.5, 0.6) is 0 Å². The van der Waals surface area contributed by atoms with Gasteiger partial charge >= 0.3 is 0 Å². The summed E-state index contributed by atoms with van der Waals surface area (Å²) >= 11 is 0. The van der Waals surface area contributed by atoms with Gasteiger partial charge in [0.15, 0.2) is 0 Å². The number of hydrogen-bond acceptors (Lipinski definition) is 5. The van der Waals surface area contributed by atoms with Crippen LogP contribution in [0, 0.1) is 0 Å². The number of aliphatic hydroxyl groups is 2. The van der Waals surface area contributed by atoms with Crippen LogP contribution in [-0.4, -0.2) is 67.0 Å². The minimum atomic E-state index is -0.254. The molecule has 0 radical (unpaired) electrons. The number of amides is 1. The highest BCUT2D eigenvalue weighted by Crippen LogP contribution is 2.27. The molecule has 2 aromatic rings. The molecule has 6 heteroatoms. The number of β-amino-alcohol motifs (C(OH)–C–C–N with tert-alkyl or cyclic N) is 1. The van der Waals surface area contributed by atoms with E-state index in [0.29, 0.717) is 25.1 Å². The van der Waals surface area contributed by atoms with Crippen molar-refractivity contribution in [2.75, 3.05) is 44.7 Å². The molecule has 0 saturated carbocycles. The van der Waals surface area contributed by atoms with Gasteiger partial charge in [0.1, 0.15) is 0 Å². The second-order valence-corrected chi connectivity index (χ2v) is 7.62. The van der Waals surface area contributed by atoms with Gasteiger partial charge in [0, 0.05) is 51.1 Å². The molecule has 2 atom stereocenters. The summed E-state index contributed by atoms with van der Waals surface area (Å²) in [5, 5.41) is 21.6. The van der Waals surface area contributed by atoms with Crippen molar-refractivity contribution in [1.29, 1.82) is 0 Å². The molecule has 1 heterocycles. The normalized spacial score (nSPS) is 17.8. The van der Waals surface area contributed by atoms with Crippen molar-refractivity contribution < 1.29 is 15.0 Å². The van der Waals surface area contributed by atoms with Crippen molar-refractivity contribution in [2.24, 2.45) is 0 Å². The highest BCUT2D eigenvalue weighted by Gasteiger charge is 2.29. The summed E-state index contributed by atoms with van der Waals surface area (Å²) in [6, 6.07) is 18.2. The second-order valence-electron chi connectivity index (χ2n) is 7.62. The van der Waals surface area contributed by atoms with Gasteiger partial charge < -0.3 is 20.4 Å². The molecular formula is C23H31N3O3. The second kappa shape index (κ2) is 10.4.